The Labute approximate surface area is 195 Å². The maximum atomic E-state index is 12.6. The third kappa shape index (κ3) is 11.9. The lowest BCUT2D eigenvalue weighted by Gasteiger charge is -2.26. The number of carbonyl (C=O) groups excluding carboxylic acids is 4. The zero-order chi connectivity index (χ0) is 25.7. The molecule has 4 amide bonds. The quantitative estimate of drug-likeness (QED) is 0.0450. The Balaban J connectivity index is 5.25. The fraction of sp³-hybridized carbons (Fsp3) is 0.647. The molecule has 0 aliphatic heterocycles. The van der Waals surface area contributed by atoms with Gasteiger partial charge in [-0.3, -0.25) is 24.2 Å². The molecule has 16 heteroatoms. The normalized spacial score (nSPS) is 15.2. The molecule has 0 aromatic rings. The van der Waals surface area contributed by atoms with Crippen molar-refractivity contribution in [2.45, 2.75) is 56.5 Å². The van der Waals surface area contributed by atoms with E-state index in [1.54, 1.807) is 0 Å². The van der Waals surface area contributed by atoms with Crippen LogP contribution >= 0.6 is 12.6 Å². The van der Waals surface area contributed by atoms with Gasteiger partial charge in [0.2, 0.25) is 23.6 Å². The monoisotopic (exact) mass is 492 g/mol. The third-order valence-corrected chi connectivity index (χ3v) is 4.57. The van der Waals surface area contributed by atoms with Crippen LogP contribution in [0.5, 0.6) is 0 Å². The molecule has 0 spiro atoms. The highest BCUT2D eigenvalue weighted by molar-refractivity contribution is 7.80. The van der Waals surface area contributed by atoms with Crippen molar-refractivity contribution in [2.75, 3.05) is 12.3 Å². The van der Waals surface area contributed by atoms with Crippen LogP contribution in [0.4, 0.5) is 0 Å². The van der Waals surface area contributed by atoms with Crippen molar-refractivity contribution in [3.05, 3.63) is 0 Å². The van der Waals surface area contributed by atoms with Gasteiger partial charge in [-0.1, -0.05) is 0 Å². The molecule has 0 heterocycles. The summed E-state index contributed by atoms with van der Waals surface area (Å²) in [7, 11) is 0. The molecule has 33 heavy (non-hydrogen) atoms. The van der Waals surface area contributed by atoms with Crippen LogP contribution in [0.3, 0.4) is 0 Å². The number of carbonyl (C=O) groups is 5. The molecule has 0 saturated heterocycles. The van der Waals surface area contributed by atoms with Gasteiger partial charge in [-0.25, -0.2) is 4.79 Å². The molecule has 5 unspecified atom stereocenters. The van der Waals surface area contributed by atoms with Crippen molar-refractivity contribution in [3.63, 3.8) is 0 Å². The van der Waals surface area contributed by atoms with Gasteiger partial charge >= 0.3 is 5.97 Å². The zero-order valence-corrected chi connectivity index (χ0v) is 19.0. The van der Waals surface area contributed by atoms with E-state index < -0.39 is 66.3 Å². The first-order valence-electron chi connectivity index (χ1n) is 9.82. The molecule has 0 saturated carbocycles. The van der Waals surface area contributed by atoms with E-state index in [0.717, 1.165) is 0 Å². The largest absolute Gasteiger partial charge is 0.480 e. The number of aliphatic hydroxyl groups is 1. The summed E-state index contributed by atoms with van der Waals surface area (Å²) in [6, 6.07) is -5.55. The number of rotatable bonds is 15. The smallest absolute Gasteiger partial charge is 0.327 e. The Morgan fingerprint density at radius 3 is 2.00 bits per heavy atom. The zero-order valence-electron chi connectivity index (χ0n) is 18.1. The van der Waals surface area contributed by atoms with Crippen molar-refractivity contribution in [2.24, 2.45) is 27.9 Å². The average molecular weight is 493 g/mol. The minimum absolute atomic E-state index is 0.119. The number of nitrogens with one attached hydrogen (secondary N) is 3. The van der Waals surface area contributed by atoms with Gasteiger partial charge in [-0.15, -0.1) is 0 Å². The van der Waals surface area contributed by atoms with Crippen LogP contribution in [0.25, 0.3) is 0 Å². The van der Waals surface area contributed by atoms with E-state index in [4.69, 9.17) is 28.0 Å². The Morgan fingerprint density at radius 1 is 0.970 bits per heavy atom. The molecule has 0 aromatic carbocycles. The topological polar surface area (TPSA) is 278 Å². The Hall–Kier alpha value is -3.11. The molecular formula is C17H32N8O7S. The fourth-order valence-electron chi connectivity index (χ4n) is 2.45. The van der Waals surface area contributed by atoms with Gasteiger partial charge in [-0.05, 0) is 19.8 Å². The Morgan fingerprint density at radius 2 is 1.55 bits per heavy atom. The number of aliphatic hydroxyl groups excluding tert-OH is 1. The maximum Gasteiger partial charge on any atom is 0.327 e. The van der Waals surface area contributed by atoms with E-state index in [1.807, 2.05) is 0 Å². The van der Waals surface area contributed by atoms with Gasteiger partial charge in [0.25, 0.3) is 0 Å². The third-order valence-electron chi connectivity index (χ3n) is 4.20. The molecule has 0 rings (SSSR count). The molecule has 13 N–H and O–H groups in total. The van der Waals surface area contributed by atoms with Crippen molar-refractivity contribution >= 4 is 48.2 Å². The minimum atomic E-state index is -1.60. The average Bonchev–Trinajstić information content (AvgIpc) is 2.71. The van der Waals surface area contributed by atoms with E-state index in [1.165, 1.54) is 6.92 Å². The summed E-state index contributed by atoms with van der Waals surface area (Å²) in [6.07, 6.45) is -1.56. The fourth-order valence-corrected chi connectivity index (χ4v) is 2.69. The summed E-state index contributed by atoms with van der Waals surface area (Å²) in [6.45, 7) is 1.40. The molecule has 0 aliphatic carbocycles. The second-order valence-electron chi connectivity index (χ2n) is 7.10. The summed E-state index contributed by atoms with van der Waals surface area (Å²) in [5, 5.41) is 25.5. The molecule has 5 atom stereocenters. The van der Waals surface area contributed by atoms with Gasteiger partial charge in [0.15, 0.2) is 5.96 Å². The standard InChI is InChI=1S/C17H32N8O7S/c1-7(26)12(15(30)24-10(6-33)16(31)32)25-14(29)9(5-11(19)27)23-13(28)8(18)3-2-4-22-17(20)21/h7-10,12,26,33H,2-6,18H2,1H3,(H2,19,27)(H,23,28)(H,24,30)(H,25,29)(H,31,32)(H4,20,21,22). The minimum Gasteiger partial charge on any atom is -0.480 e. The molecule has 188 valence electrons. The number of carboxylic acids is 1. The van der Waals surface area contributed by atoms with Crippen molar-refractivity contribution in [3.8, 4) is 0 Å². The van der Waals surface area contributed by atoms with E-state index in [0.29, 0.717) is 6.42 Å². The Bertz CT molecular complexity index is 745. The highest BCUT2D eigenvalue weighted by Crippen LogP contribution is 2.02. The van der Waals surface area contributed by atoms with Crippen molar-refractivity contribution < 1.29 is 34.2 Å². The summed E-state index contributed by atoms with van der Waals surface area (Å²) in [5.41, 5.74) is 21.3. The van der Waals surface area contributed by atoms with Crippen LogP contribution in [-0.2, 0) is 24.0 Å². The predicted octanol–water partition coefficient (Wildman–Crippen LogP) is -4.91. The molecule has 0 radical (unpaired) electrons. The van der Waals surface area contributed by atoms with Crippen molar-refractivity contribution in [1.29, 1.82) is 0 Å². The molecule has 0 bridgehead atoms. The van der Waals surface area contributed by atoms with Gasteiger partial charge in [0, 0.05) is 12.3 Å². The second kappa shape index (κ2) is 14.9. The van der Waals surface area contributed by atoms with Crippen LogP contribution in [-0.4, -0.2) is 88.3 Å². The highest BCUT2D eigenvalue weighted by Gasteiger charge is 2.33. The molecule has 0 aromatic heterocycles. The number of aliphatic carboxylic acids is 1. The van der Waals surface area contributed by atoms with Gasteiger partial charge in [0.1, 0.15) is 18.1 Å². The van der Waals surface area contributed by atoms with Gasteiger partial charge in [-0.2, -0.15) is 12.6 Å². The summed E-state index contributed by atoms with van der Waals surface area (Å²) < 4.78 is 0. The number of hydrogen-bond donors (Lipinski definition) is 10. The van der Waals surface area contributed by atoms with Gasteiger partial charge < -0.3 is 49.1 Å². The number of primary amides is 1. The summed E-state index contributed by atoms with van der Waals surface area (Å²) in [5.74, 6) is -5.48. The van der Waals surface area contributed by atoms with E-state index in [9.17, 15) is 29.1 Å². The number of carboxylic acid groups (broad SMARTS) is 1. The number of guanidine groups is 1. The number of aliphatic imine (C=N–C) groups is 1. The molecular weight excluding hydrogens is 460 g/mol. The van der Waals surface area contributed by atoms with E-state index in [2.05, 4.69) is 33.6 Å². The lowest BCUT2D eigenvalue weighted by molar-refractivity contribution is -0.142. The molecule has 0 fully saturated rings. The number of nitrogens with zero attached hydrogens (tertiary/aromatic N) is 1. The molecule has 15 nitrogen and oxygen atoms in total. The van der Waals surface area contributed by atoms with Crippen molar-refractivity contribution in [1.82, 2.24) is 16.0 Å². The SMILES string of the molecule is CC(O)C(NC(=O)C(CC(N)=O)NC(=O)C(N)CCCN=C(N)N)C(=O)NC(CS)C(=O)O. The molecule has 0 aliphatic rings. The number of amides is 4. The van der Waals surface area contributed by atoms with Crippen LogP contribution in [0.2, 0.25) is 0 Å². The first kappa shape index (κ1) is 29.9. The number of nitrogens with two attached hydrogens (primary N) is 4. The van der Waals surface area contributed by atoms with Crippen LogP contribution in [0, 0.1) is 0 Å². The second-order valence-corrected chi connectivity index (χ2v) is 7.46. The Kier molecular flexibility index (Phi) is 13.5. The summed E-state index contributed by atoms with van der Waals surface area (Å²) in [4.78, 5) is 63.5. The first-order valence-corrected chi connectivity index (χ1v) is 10.5. The van der Waals surface area contributed by atoms with E-state index in [-0.39, 0.29) is 24.7 Å². The maximum absolute atomic E-state index is 12.6. The van der Waals surface area contributed by atoms with Crippen LogP contribution < -0.4 is 38.9 Å². The van der Waals surface area contributed by atoms with Crippen LogP contribution in [0.15, 0.2) is 4.99 Å². The van der Waals surface area contributed by atoms with Gasteiger partial charge in [0.05, 0.1) is 18.6 Å². The van der Waals surface area contributed by atoms with E-state index >= 15 is 0 Å². The predicted molar refractivity (Wildman–Crippen MR) is 121 cm³/mol. The summed E-state index contributed by atoms with van der Waals surface area (Å²) >= 11 is 3.81. The number of hydrogen-bond acceptors (Lipinski definition) is 9. The highest BCUT2D eigenvalue weighted by atomic mass is 32.1. The first-order chi connectivity index (χ1) is 15.3. The lowest BCUT2D eigenvalue weighted by Crippen LogP contribution is -2.60. The number of thiol groups is 1. The van der Waals surface area contributed by atoms with Crippen LogP contribution in [0.1, 0.15) is 26.2 Å². The lowest BCUT2D eigenvalue weighted by atomic mass is 10.1.